The summed E-state index contributed by atoms with van der Waals surface area (Å²) >= 11 is 0. The molecule has 2 heteroatoms. The maximum absolute atomic E-state index is 8.94. The smallest absolute Gasteiger partial charge is 0.0991 e. The molecule has 1 saturated heterocycles. The topological polar surface area (TPSA) is 27.0 Å². The molecule has 1 aromatic rings. The number of piperidine rings is 1. The molecule has 2 bridgehead atoms. The van der Waals surface area contributed by atoms with E-state index in [0.717, 1.165) is 23.9 Å². The Morgan fingerprint density at radius 2 is 2.00 bits per heavy atom. The van der Waals surface area contributed by atoms with Gasteiger partial charge in [0.1, 0.15) is 0 Å². The van der Waals surface area contributed by atoms with E-state index in [-0.39, 0.29) is 0 Å². The summed E-state index contributed by atoms with van der Waals surface area (Å²) in [4.78, 5) is 2.59. The lowest BCUT2D eigenvalue weighted by molar-refractivity contribution is 0.0808. The van der Waals surface area contributed by atoms with Crippen LogP contribution in [0, 0.1) is 23.2 Å². The van der Waals surface area contributed by atoms with Gasteiger partial charge >= 0.3 is 0 Å². The zero-order chi connectivity index (χ0) is 12.4. The van der Waals surface area contributed by atoms with Gasteiger partial charge in [0, 0.05) is 19.6 Å². The minimum absolute atomic E-state index is 0.782. The average Bonchev–Trinajstić information content (AvgIpc) is 2.38. The summed E-state index contributed by atoms with van der Waals surface area (Å²) in [5.74, 6) is 1.85. The van der Waals surface area contributed by atoms with E-state index in [1.165, 1.54) is 44.3 Å². The zero-order valence-corrected chi connectivity index (χ0v) is 10.8. The van der Waals surface area contributed by atoms with Crippen molar-refractivity contribution in [1.82, 2.24) is 4.90 Å². The van der Waals surface area contributed by atoms with Gasteiger partial charge in [0.25, 0.3) is 0 Å². The Morgan fingerprint density at radius 3 is 2.72 bits per heavy atom. The van der Waals surface area contributed by atoms with E-state index < -0.39 is 0 Å². The minimum Gasteiger partial charge on any atom is -0.299 e. The van der Waals surface area contributed by atoms with Crippen molar-refractivity contribution < 1.29 is 0 Å². The molecular formula is C16H20N2. The van der Waals surface area contributed by atoms with Crippen molar-refractivity contribution in [2.45, 2.75) is 32.2 Å². The van der Waals surface area contributed by atoms with Crippen molar-refractivity contribution >= 4 is 0 Å². The first-order valence-corrected chi connectivity index (χ1v) is 7.05. The second-order valence-corrected chi connectivity index (χ2v) is 5.90. The summed E-state index contributed by atoms with van der Waals surface area (Å²) in [6.45, 7) is 3.53. The molecule has 0 spiro atoms. The van der Waals surface area contributed by atoms with Gasteiger partial charge in [-0.25, -0.2) is 0 Å². The third-order valence-corrected chi connectivity index (χ3v) is 4.39. The molecule has 2 aliphatic rings. The first-order valence-electron chi connectivity index (χ1n) is 7.05. The van der Waals surface area contributed by atoms with Gasteiger partial charge in [0.15, 0.2) is 0 Å². The molecule has 0 N–H and O–H groups in total. The third kappa shape index (κ3) is 2.57. The summed E-state index contributed by atoms with van der Waals surface area (Å²) in [6.07, 6.45) is 5.73. The lowest BCUT2D eigenvalue weighted by atomic mass is 9.78. The van der Waals surface area contributed by atoms with Crippen LogP contribution in [0.25, 0.3) is 0 Å². The van der Waals surface area contributed by atoms with Gasteiger partial charge in [-0.3, -0.25) is 4.90 Å². The van der Waals surface area contributed by atoms with Crippen LogP contribution in [0.2, 0.25) is 0 Å². The SMILES string of the molecule is N#Cc1cccc(CN2C[C@H]3CCC[C@@H](C3)C2)c1. The summed E-state index contributed by atoms with van der Waals surface area (Å²) < 4.78 is 0. The number of nitrogens with zero attached hydrogens (tertiary/aromatic N) is 2. The fourth-order valence-corrected chi connectivity index (χ4v) is 3.67. The van der Waals surface area contributed by atoms with Gasteiger partial charge < -0.3 is 0 Å². The van der Waals surface area contributed by atoms with Crippen molar-refractivity contribution in [1.29, 1.82) is 5.26 Å². The Bertz CT molecular complexity index is 448. The highest BCUT2D eigenvalue weighted by molar-refractivity contribution is 5.32. The number of rotatable bonds is 2. The van der Waals surface area contributed by atoms with Crippen molar-refractivity contribution in [3.63, 3.8) is 0 Å². The average molecular weight is 240 g/mol. The molecule has 2 nitrogen and oxygen atoms in total. The molecule has 0 unspecified atom stereocenters. The van der Waals surface area contributed by atoms with E-state index in [4.69, 9.17) is 5.26 Å². The zero-order valence-electron chi connectivity index (χ0n) is 10.8. The van der Waals surface area contributed by atoms with E-state index in [2.05, 4.69) is 17.0 Å². The van der Waals surface area contributed by atoms with Crippen molar-refractivity contribution in [2.24, 2.45) is 11.8 Å². The molecule has 2 atom stereocenters. The molecule has 0 aromatic heterocycles. The van der Waals surface area contributed by atoms with Crippen LogP contribution in [0.5, 0.6) is 0 Å². The number of hydrogen-bond acceptors (Lipinski definition) is 2. The molecule has 1 aromatic carbocycles. The normalized spacial score (nSPS) is 27.7. The molecule has 1 heterocycles. The standard InChI is InChI=1S/C16H20N2/c17-9-13-3-1-4-14(7-13)10-18-11-15-5-2-6-16(8-15)12-18/h1,3-4,7,15-16H,2,5-6,8,10-12H2/t15-,16-/m0/s1. The Kier molecular flexibility index (Phi) is 3.34. The molecule has 94 valence electrons. The summed E-state index contributed by atoms with van der Waals surface area (Å²) in [7, 11) is 0. The largest absolute Gasteiger partial charge is 0.299 e. The van der Waals surface area contributed by atoms with Crippen LogP contribution in [-0.2, 0) is 6.54 Å². The van der Waals surface area contributed by atoms with Gasteiger partial charge in [-0.2, -0.15) is 5.26 Å². The Labute approximate surface area is 109 Å². The maximum Gasteiger partial charge on any atom is 0.0991 e. The number of likely N-dealkylation sites (tertiary alicyclic amines) is 1. The van der Waals surface area contributed by atoms with E-state index in [9.17, 15) is 0 Å². The van der Waals surface area contributed by atoms with Crippen LogP contribution in [0.1, 0.15) is 36.8 Å². The molecule has 3 rings (SSSR count). The van der Waals surface area contributed by atoms with Gasteiger partial charge in [-0.15, -0.1) is 0 Å². The Hall–Kier alpha value is -1.33. The first kappa shape index (κ1) is 11.7. The van der Waals surface area contributed by atoms with E-state index >= 15 is 0 Å². The lowest BCUT2D eigenvalue weighted by Gasteiger charge is -2.41. The molecule has 0 amide bonds. The number of nitriles is 1. The first-order chi connectivity index (χ1) is 8.83. The highest BCUT2D eigenvalue weighted by atomic mass is 15.1. The third-order valence-electron chi connectivity index (χ3n) is 4.39. The molecule has 2 fully saturated rings. The molecular weight excluding hydrogens is 220 g/mol. The fourth-order valence-electron chi connectivity index (χ4n) is 3.67. The summed E-state index contributed by atoms with van der Waals surface area (Å²) in [5.41, 5.74) is 2.07. The molecule has 1 aliphatic heterocycles. The number of fused-ring (bicyclic) bond motifs is 2. The van der Waals surface area contributed by atoms with Gasteiger partial charge in [0.05, 0.1) is 11.6 Å². The van der Waals surface area contributed by atoms with E-state index in [0.29, 0.717) is 0 Å². The number of benzene rings is 1. The van der Waals surface area contributed by atoms with Gasteiger partial charge in [0.2, 0.25) is 0 Å². The molecule has 0 radical (unpaired) electrons. The Balaban J connectivity index is 1.67. The molecule has 1 aliphatic carbocycles. The quantitative estimate of drug-likeness (QED) is 0.794. The molecule has 1 saturated carbocycles. The van der Waals surface area contributed by atoms with Gasteiger partial charge in [-0.1, -0.05) is 18.6 Å². The van der Waals surface area contributed by atoms with Gasteiger partial charge in [-0.05, 0) is 48.8 Å². The number of hydrogen-bond donors (Lipinski definition) is 0. The predicted octanol–water partition coefficient (Wildman–Crippen LogP) is 3.18. The summed E-state index contributed by atoms with van der Waals surface area (Å²) in [5, 5.41) is 8.94. The van der Waals surface area contributed by atoms with E-state index in [1.807, 2.05) is 18.2 Å². The molecule has 18 heavy (non-hydrogen) atoms. The van der Waals surface area contributed by atoms with Crippen molar-refractivity contribution in [3.8, 4) is 6.07 Å². The highest BCUT2D eigenvalue weighted by Crippen LogP contribution is 2.34. The van der Waals surface area contributed by atoms with E-state index in [1.54, 1.807) is 0 Å². The van der Waals surface area contributed by atoms with Crippen LogP contribution in [0.3, 0.4) is 0 Å². The van der Waals surface area contributed by atoms with Crippen LogP contribution >= 0.6 is 0 Å². The Morgan fingerprint density at radius 1 is 1.22 bits per heavy atom. The second kappa shape index (κ2) is 5.12. The minimum atomic E-state index is 0.782. The predicted molar refractivity (Wildman–Crippen MR) is 71.9 cm³/mol. The second-order valence-electron chi connectivity index (χ2n) is 5.90. The monoisotopic (exact) mass is 240 g/mol. The van der Waals surface area contributed by atoms with Crippen LogP contribution < -0.4 is 0 Å². The lowest BCUT2D eigenvalue weighted by Crippen LogP contribution is -2.42. The maximum atomic E-state index is 8.94. The van der Waals surface area contributed by atoms with Crippen LogP contribution in [0.4, 0.5) is 0 Å². The summed E-state index contributed by atoms with van der Waals surface area (Å²) in [6, 6.07) is 10.3. The highest BCUT2D eigenvalue weighted by Gasteiger charge is 2.30. The fraction of sp³-hybridized carbons (Fsp3) is 0.562. The van der Waals surface area contributed by atoms with Crippen molar-refractivity contribution in [2.75, 3.05) is 13.1 Å². The van der Waals surface area contributed by atoms with Crippen molar-refractivity contribution in [3.05, 3.63) is 35.4 Å². The van der Waals surface area contributed by atoms with Crippen LogP contribution in [-0.4, -0.2) is 18.0 Å². The van der Waals surface area contributed by atoms with Crippen LogP contribution in [0.15, 0.2) is 24.3 Å².